The van der Waals surface area contributed by atoms with Gasteiger partial charge in [-0.1, -0.05) is 134 Å². The number of aliphatic hydroxyl groups excluding tert-OH is 1. The molecule has 0 aliphatic heterocycles. The zero-order valence-corrected chi connectivity index (χ0v) is 30.6. The molecule has 0 spiro atoms. The molecule has 0 saturated heterocycles. The Morgan fingerprint density at radius 1 is 0.863 bits per heavy atom. The molecule has 0 bridgehead atoms. The highest BCUT2D eigenvalue weighted by molar-refractivity contribution is 9.10. The minimum absolute atomic E-state index is 0.0304. The van der Waals surface area contributed by atoms with E-state index in [0.29, 0.717) is 12.0 Å². The lowest BCUT2D eigenvalue weighted by Crippen LogP contribution is -2.62. The van der Waals surface area contributed by atoms with E-state index < -0.39 is 47.1 Å². The third-order valence-corrected chi connectivity index (χ3v) is 9.39. The third kappa shape index (κ3) is 10.3. The second-order valence-electron chi connectivity index (χ2n) is 14.1. The summed E-state index contributed by atoms with van der Waals surface area (Å²) in [6, 6.07) is 31.5. The Labute approximate surface area is 307 Å². The quantitative estimate of drug-likeness (QED) is 0.116. The van der Waals surface area contributed by atoms with Crippen molar-refractivity contribution in [2.45, 2.75) is 70.6 Å². The summed E-state index contributed by atoms with van der Waals surface area (Å²) in [7, 11) is 0. The molecule has 0 unspecified atom stereocenters. The topological polar surface area (TPSA) is 140 Å². The van der Waals surface area contributed by atoms with Crippen molar-refractivity contribution in [2.75, 3.05) is 6.54 Å². The number of ether oxygens (including phenoxy) is 1. The van der Waals surface area contributed by atoms with E-state index in [1.807, 2.05) is 130 Å². The fourth-order valence-electron chi connectivity index (χ4n) is 6.20. The molecule has 0 fully saturated rings. The van der Waals surface area contributed by atoms with Crippen molar-refractivity contribution in [1.29, 1.82) is 0 Å². The van der Waals surface area contributed by atoms with E-state index in [4.69, 9.17) is 4.74 Å². The van der Waals surface area contributed by atoms with E-state index >= 15 is 0 Å². The van der Waals surface area contributed by atoms with E-state index in [2.05, 4.69) is 32.0 Å². The van der Waals surface area contributed by atoms with Crippen molar-refractivity contribution < 1.29 is 29.3 Å². The Morgan fingerprint density at radius 2 is 1.47 bits per heavy atom. The number of aliphatic hydroxyl groups is 2. The van der Waals surface area contributed by atoms with E-state index in [0.717, 1.165) is 26.7 Å². The Balaban J connectivity index is 1.41. The number of nitrogens with one attached hydrogen (secondary N) is 3. The first-order chi connectivity index (χ1) is 24.3. The number of halogens is 1. The highest BCUT2D eigenvalue weighted by Gasteiger charge is 2.43. The van der Waals surface area contributed by atoms with Crippen molar-refractivity contribution in [2.24, 2.45) is 5.41 Å². The number of amides is 3. The molecule has 5 rings (SSSR count). The van der Waals surface area contributed by atoms with Gasteiger partial charge in [0.2, 0.25) is 0 Å². The largest absolute Gasteiger partial charge is 0.445 e. The lowest BCUT2D eigenvalue weighted by Gasteiger charge is -2.37. The molecular weight excluding hydrogens is 712 g/mol. The van der Waals surface area contributed by atoms with Crippen LogP contribution in [0.15, 0.2) is 114 Å². The van der Waals surface area contributed by atoms with Crippen LogP contribution in [0.2, 0.25) is 0 Å². The van der Waals surface area contributed by atoms with Gasteiger partial charge in [-0.05, 0) is 45.4 Å². The van der Waals surface area contributed by atoms with Crippen molar-refractivity contribution in [3.63, 3.8) is 0 Å². The number of rotatable bonds is 13. The minimum atomic E-state index is -2.07. The van der Waals surface area contributed by atoms with Crippen LogP contribution in [0, 0.1) is 5.41 Å². The van der Waals surface area contributed by atoms with Crippen LogP contribution >= 0.6 is 15.9 Å². The van der Waals surface area contributed by atoms with Gasteiger partial charge < -0.3 is 25.6 Å². The zero-order valence-electron chi connectivity index (χ0n) is 29.0. The summed E-state index contributed by atoms with van der Waals surface area (Å²) in [5.41, 5.74) is 4.10. The molecule has 0 aromatic heterocycles. The van der Waals surface area contributed by atoms with Gasteiger partial charge in [-0.25, -0.2) is 9.80 Å². The maximum atomic E-state index is 14.2. The Kier molecular flexibility index (Phi) is 12.3. The van der Waals surface area contributed by atoms with E-state index in [1.165, 1.54) is 5.01 Å². The number of nitrogens with zero attached hydrogens (tertiary/aromatic N) is 1. The monoisotopic (exact) mass is 756 g/mol. The molecule has 5 N–H and O–H groups in total. The number of benzene rings is 4. The first-order valence-electron chi connectivity index (χ1n) is 16.9. The molecule has 1 aliphatic carbocycles. The van der Waals surface area contributed by atoms with Crippen molar-refractivity contribution in [3.05, 3.63) is 141 Å². The molecule has 4 atom stereocenters. The predicted molar refractivity (Wildman–Crippen MR) is 198 cm³/mol. The van der Waals surface area contributed by atoms with Crippen LogP contribution in [0.1, 0.15) is 54.6 Å². The molecule has 10 nitrogen and oxygen atoms in total. The summed E-state index contributed by atoms with van der Waals surface area (Å²) < 4.78 is 6.29. The van der Waals surface area contributed by atoms with Gasteiger partial charge in [-0.2, -0.15) is 0 Å². The fraction of sp³-hybridized carbons (Fsp3) is 0.325. The van der Waals surface area contributed by atoms with Crippen LogP contribution in [-0.4, -0.2) is 57.4 Å². The number of carbonyl (C=O) groups excluding carboxylic acids is 3. The molecular formula is C40H45BrN4O6. The predicted octanol–water partition coefficient (Wildman–Crippen LogP) is 5.37. The molecule has 4 aromatic rings. The van der Waals surface area contributed by atoms with Gasteiger partial charge in [0.25, 0.3) is 11.8 Å². The lowest BCUT2D eigenvalue weighted by molar-refractivity contribution is -0.147. The van der Waals surface area contributed by atoms with Crippen molar-refractivity contribution in [3.8, 4) is 0 Å². The minimum Gasteiger partial charge on any atom is -0.445 e. The lowest BCUT2D eigenvalue weighted by atomic mass is 9.86. The second-order valence-corrected chi connectivity index (χ2v) is 15.0. The summed E-state index contributed by atoms with van der Waals surface area (Å²) in [6.07, 6.45) is -1.34. The van der Waals surface area contributed by atoms with Gasteiger partial charge in [0.1, 0.15) is 12.6 Å². The van der Waals surface area contributed by atoms with Crippen LogP contribution in [0.25, 0.3) is 0 Å². The van der Waals surface area contributed by atoms with Gasteiger partial charge in [0.15, 0.2) is 5.60 Å². The average molecular weight is 758 g/mol. The molecule has 1 aliphatic rings. The first-order valence-corrected chi connectivity index (χ1v) is 17.7. The van der Waals surface area contributed by atoms with E-state index in [-0.39, 0.29) is 26.1 Å². The zero-order chi connectivity index (χ0) is 36.6. The van der Waals surface area contributed by atoms with Gasteiger partial charge in [-0.15, -0.1) is 0 Å². The molecule has 4 aromatic carbocycles. The normalized spacial score (nSPS) is 17.2. The van der Waals surface area contributed by atoms with Gasteiger partial charge in [0, 0.05) is 23.9 Å². The summed E-state index contributed by atoms with van der Waals surface area (Å²) in [4.78, 5) is 41.3. The van der Waals surface area contributed by atoms with Gasteiger partial charge in [0.05, 0.1) is 18.7 Å². The summed E-state index contributed by atoms with van der Waals surface area (Å²) >= 11 is 3.46. The first kappa shape index (κ1) is 37.7. The fourth-order valence-corrected chi connectivity index (χ4v) is 6.47. The number of hydrogen-bond donors (Lipinski definition) is 5. The molecule has 0 saturated carbocycles. The number of fused-ring (bicyclic) bond motifs is 1. The third-order valence-electron chi connectivity index (χ3n) is 8.86. The maximum Gasteiger partial charge on any atom is 0.408 e. The van der Waals surface area contributed by atoms with Crippen LogP contribution in [-0.2, 0) is 40.3 Å². The van der Waals surface area contributed by atoms with Crippen LogP contribution in [0.3, 0.4) is 0 Å². The standard InChI is InChI=1S/C40H45BrN4O6/c1-39(2,3)35(43-38(49)51-25-29-14-8-5-9-15-29)36(47)44-45(24-28-18-20-31(41)21-19-28)26-40(50,23-27-12-6-4-7-13-27)37(48)42-34-32-17-11-10-16-30(32)22-33(34)46/h4-21,33-35,46,50H,22-26H2,1-3H3,(H,42,48)(H,43,49)(H,44,47)/t33-,34+,35-,40+/m1/s1. The number of hydrazine groups is 1. The Morgan fingerprint density at radius 3 is 2.12 bits per heavy atom. The molecule has 3 amide bonds. The molecule has 51 heavy (non-hydrogen) atoms. The second kappa shape index (κ2) is 16.6. The van der Waals surface area contributed by atoms with Crippen LogP contribution in [0.5, 0.6) is 0 Å². The van der Waals surface area contributed by atoms with Gasteiger partial charge >= 0.3 is 6.09 Å². The number of carbonyl (C=O) groups is 3. The number of alkyl carbamates (subject to hydrolysis) is 1. The molecule has 0 heterocycles. The Hall–Kier alpha value is -4.55. The number of hydrogen-bond acceptors (Lipinski definition) is 7. The van der Waals surface area contributed by atoms with Gasteiger partial charge in [-0.3, -0.25) is 15.0 Å². The Bertz CT molecular complexity index is 1780. The highest BCUT2D eigenvalue weighted by atomic mass is 79.9. The van der Waals surface area contributed by atoms with E-state index in [9.17, 15) is 24.6 Å². The molecule has 0 radical (unpaired) electrons. The SMILES string of the molecule is CC(C)(C)[C@H](NC(=O)OCc1ccccc1)C(=O)NN(Cc1ccc(Br)cc1)C[C@@](O)(Cc1ccccc1)C(=O)N[C@H]1c2ccccc2C[C@H]1O. The summed E-state index contributed by atoms with van der Waals surface area (Å²) in [6.45, 7) is 5.28. The van der Waals surface area contributed by atoms with Crippen LogP contribution in [0.4, 0.5) is 4.79 Å². The van der Waals surface area contributed by atoms with Crippen LogP contribution < -0.4 is 16.1 Å². The van der Waals surface area contributed by atoms with E-state index in [1.54, 1.807) is 0 Å². The summed E-state index contributed by atoms with van der Waals surface area (Å²) in [5.74, 6) is -1.25. The van der Waals surface area contributed by atoms with Crippen molar-refractivity contribution >= 4 is 33.8 Å². The maximum absolute atomic E-state index is 14.2. The average Bonchev–Trinajstić information content (AvgIpc) is 3.41. The smallest absolute Gasteiger partial charge is 0.408 e. The summed E-state index contributed by atoms with van der Waals surface area (Å²) in [5, 5.41) is 30.4. The molecule has 268 valence electrons. The highest BCUT2D eigenvalue weighted by Crippen LogP contribution is 2.32. The molecule has 11 heteroatoms. The van der Waals surface area contributed by atoms with Crippen molar-refractivity contribution in [1.82, 2.24) is 21.1 Å².